The molecule has 94 valence electrons. The summed E-state index contributed by atoms with van der Waals surface area (Å²) in [6.07, 6.45) is 3.63. The van der Waals surface area contributed by atoms with Gasteiger partial charge in [-0.1, -0.05) is 0 Å². The maximum absolute atomic E-state index is 11.0. The second-order valence-corrected chi connectivity index (χ2v) is 5.87. The highest BCUT2D eigenvalue weighted by Gasteiger charge is 2.28. The molecule has 0 spiro atoms. The van der Waals surface area contributed by atoms with E-state index in [1.54, 1.807) is 6.07 Å². The molecule has 7 heteroatoms. The minimum atomic E-state index is -3.67. The first-order chi connectivity index (χ1) is 7.97. The van der Waals surface area contributed by atoms with Crippen LogP contribution in [0.2, 0.25) is 0 Å². The van der Waals surface area contributed by atoms with E-state index >= 15 is 0 Å². The Bertz CT molecular complexity index is 482. The summed E-state index contributed by atoms with van der Waals surface area (Å²) in [5, 5.41) is 8.04. The average molecular weight is 256 g/mol. The number of nitrogens with one attached hydrogen (secondary N) is 1. The van der Waals surface area contributed by atoms with E-state index in [1.165, 1.54) is 25.1 Å². The van der Waals surface area contributed by atoms with Crippen LogP contribution in [0.5, 0.6) is 0 Å². The van der Waals surface area contributed by atoms with Crippen LogP contribution in [0.1, 0.15) is 12.8 Å². The van der Waals surface area contributed by atoms with Gasteiger partial charge in [-0.25, -0.2) is 18.5 Å². The van der Waals surface area contributed by atoms with Crippen LogP contribution in [0.25, 0.3) is 0 Å². The van der Waals surface area contributed by atoms with E-state index in [-0.39, 0.29) is 10.9 Å². The van der Waals surface area contributed by atoms with Crippen molar-refractivity contribution in [1.29, 1.82) is 0 Å². The van der Waals surface area contributed by atoms with Gasteiger partial charge in [0.2, 0.25) is 10.0 Å². The fraction of sp³-hybridized carbons (Fsp3) is 0.500. The van der Waals surface area contributed by atoms with Crippen LogP contribution in [0, 0.1) is 5.92 Å². The van der Waals surface area contributed by atoms with Crippen molar-refractivity contribution >= 4 is 15.8 Å². The molecule has 1 aliphatic rings. The Labute approximate surface area is 100 Å². The number of rotatable bonds is 5. The second kappa shape index (κ2) is 4.59. The molecule has 0 radical (unpaired) electrons. The van der Waals surface area contributed by atoms with E-state index in [0.29, 0.717) is 18.3 Å². The van der Waals surface area contributed by atoms with Crippen molar-refractivity contribution in [3.8, 4) is 0 Å². The van der Waals surface area contributed by atoms with Crippen LogP contribution in [0.3, 0.4) is 0 Å². The van der Waals surface area contributed by atoms with Gasteiger partial charge in [0.25, 0.3) is 0 Å². The molecule has 1 saturated carbocycles. The Balaban J connectivity index is 1.93. The largest absolute Gasteiger partial charge is 0.369 e. The van der Waals surface area contributed by atoms with Crippen LogP contribution < -0.4 is 16.2 Å². The molecule has 1 unspecified atom stereocenters. The summed E-state index contributed by atoms with van der Waals surface area (Å²) in [6, 6.07) is 3.14. The highest BCUT2D eigenvalue weighted by atomic mass is 32.2. The molecule has 1 aromatic heterocycles. The first kappa shape index (κ1) is 12.3. The quantitative estimate of drug-likeness (QED) is 0.680. The number of pyridine rings is 1. The van der Waals surface area contributed by atoms with E-state index in [2.05, 4.69) is 10.3 Å². The molecular weight excluding hydrogens is 240 g/mol. The van der Waals surface area contributed by atoms with Crippen molar-refractivity contribution in [3.05, 3.63) is 18.3 Å². The van der Waals surface area contributed by atoms with E-state index in [9.17, 15) is 8.42 Å². The van der Waals surface area contributed by atoms with Crippen molar-refractivity contribution in [1.82, 2.24) is 4.98 Å². The average Bonchev–Trinajstić information content (AvgIpc) is 3.09. The van der Waals surface area contributed by atoms with E-state index in [0.717, 1.165) is 0 Å². The number of sulfonamides is 1. The molecule has 2 rings (SSSR count). The van der Waals surface area contributed by atoms with Crippen molar-refractivity contribution in [3.63, 3.8) is 0 Å². The molecule has 17 heavy (non-hydrogen) atoms. The first-order valence-electron chi connectivity index (χ1n) is 5.45. The minimum Gasteiger partial charge on any atom is -0.369 e. The minimum absolute atomic E-state index is 0.00883. The lowest BCUT2D eigenvalue weighted by Crippen LogP contribution is -2.31. The van der Waals surface area contributed by atoms with Gasteiger partial charge in [-0.3, -0.25) is 0 Å². The van der Waals surface area contributed by atoms with Crippen LogP contribution in [-0.2, 0) is 10.0 Å². The van der Waals surface area contributed by atoms with Gasteiger partial charge in [-0.15, -0.1) is 0 Å². The fourth-order valence-corrected chi connectivity index (χ4v) is 2.02. The summed E-state index contributed by atoms with van der Waals surface area (Å²) in [7, 11) is -3.67. The third-order valence-electron chi connectivity index (χ3n) is 2.81. The van der Waals surface area contributed by atoms with Crippen LogP contribution in [0.4, 0.5) is 5.82 Å². The molecule has 0 bridgehead atoms. The first-order valence-corrected chi connectivity index (χ1v) is 7.00. The predicted molar refractivity (Wildman–Crippen MR) is 64.8 cm³/mol. The molecule has 0 saturated heterocycles. The van der Waals surface area contributed by atoms with E-state index < -0.39 is 10.0 Å². The lowest BCUT2D eigenvalue weighted by Gasteiger charge is -2.11. The number of anilines is 1. The van der Waals surface area contributed by atoms with Gasteiger partial charge < -0.3 is 11.1 Å². The van der Waals surface area contributed by atoms with Crippen LogP contribution in [-0.4, -0.2) is 26.0 Å². The smallest absolute Gasteiger partial charge is 0.239 e. The normalized spacial score (nSPS) is 17.8. The Kier molecular flexibility index (Phi) is 3.32. The fourth-order valence-electron chi connectivity index (χ4n) is 1.57. The van der Waals surface area contributed by atoms with Gasteiger partial charge in [0.05, 0.1) is 0 Å². The van der Waals surface area contributed by atoms with Crippen molar-refractivity contribution in [2.75, 3.05) is 11.9 Å². The molecule has 0 aliphatic heterocycles. The number of hydrogen-bond donors (Lipinski definition) is 3. The number of nitrogens with two attached hydrogens (primary N) is 2. The molecule has 0 amide bonds. The Morgan fingerprint density at radius 2 is 2.18 bits per heavy atom. The topological polar surface area (TPSA) is 111 Å². The molecular formula is C10H16N4O2S. The molecule has 1 heterocycles. The van der Waals surface area contributed by atoms with Crippen LogP contribution in [0.15, 0.2) is 23.2 Å². The number of primary sulfonamides is 1. The zero-order valence-electron chi connectivity index (χ0n) is 9.33. The summed E-state index contributed by atoms with van der Waals surface area (Å²) >= 11 is 0. The molecule has 1 atom stereocenters. The predicted octanol–water partition coefficient (Wildman–Crippen LogP) is -0.122. The summed E-state index contributed by atoms with van der Waals surface area (Å²) in [6.45, 7) is 0.645. The van der Waals surface area contributed by atoms with Gasteiger partial charge in [0.15, 0.2) is 0 Å². The Morgan fingerprint density at radius 1 is 1.47 bits per heavy atom. The maximum atomic E-state index is 11.0. The zero-order chi connectivity index (χ0) is 12.5. The molecule has 1 aromatic rings. The molecule has 5 N–H and O–H groups in total. The molecule has 0 aromatic carbocycles. The summed E-state index contributed by atoms with van der Waals surface area (Å²) in [5.41, 5.74) is 5.92. The molecule has 1 fully saturated rings. The van der Waals surface area contributed by atoms with Gasteiger partial charge >= 0.3 is 0 Å². The molecule has 1 aliphatic carbocycles. The molecule has 6 nitrogen and oxygen atoms in total. The lowest BCUT2D eigenvalue weighted by molar-refractivity contribution is 0.597. The third-order valence-corrected chi connectivity index (χ3v) is 3.71. The standard InChI is InChI=1S/C10H16N4O2S/c11-9(7-1-2-7)6-14-10-4-3-8(5-13-10)17(12,15)16/h3-5,7,9H,1-2,6,11H2,(H,13,14)(H2,12,15,16). The highest BCUT2D eigenvalue weighted by Crippen LogP contribution is 2.31. The van der Waals surface area contributed by atoms with Gasteiger partial charge in [-0.05, 0) is 30.9 Å². The van der Waals surface area contributed by atoms with Gasteiger partial charge in [0.1, 0.15) is 10.7 Å². The SMILES string of the molecule is NC(CNc1ccc(S(N)(=O)=O)cn1)C1CC1. The summed E-state index contributed by atoms with van der Waals surface area (Å²) < 4.78 is 22.0. The number of hydrogen-bond acceptors (Lipinski definition) is 5. The number of nitrogens with zero attached hydrogens (tertiary/aromatic N) is 1. The highest BCUT2D eigenvalue weighted by molar-refractivity contribution is 7.89. The second-order valence-electron chi connectivity index (χ2n) is 4.31. The van der Waals surface area contributed by atoms with Gasteiger partial charge in [0, 0.05) is 18.8 Å². The van der Waals surface area contributed by atoms with Gasteiger partial charge in [-0.2, -0.15) is 0 Å². The summed E-state index contributed by atoms with van der Waals surface area (Å²) in [4.78, 5) is 3.98. The van der Waals surface area contributed by atoms with E-state index in [4.69, 9.17) is 10.9 Å². The van der Waals surface area contributed by atoms with Crippen LogP contribution >= 0.6 is 0 Å². The van der Waals surface area contributed by atoms with Crippen molar-refractivity contribution < 1.29 is 8.42 Å². The number of aromatic nitrogens is 1. The van der Waals surface area contributed by atoms with Crippen molar-refractivity contribution in [2.24, 2.45) is 16.8 Å². The van der Waals surface area contributed by atoms with E-state index in [1.807, 2.05) is 0 Å². The maximum Gasteiger partial charge on any atom is 0.239 e. The Hall–Kier alpha value is -1.18. The monoisotopic (exact) mass is 256 g/mol. The van der Waals surface area contributed by atoms with Crippen molar-refractivity contribution in [2.45, 2.75) is 23.8 Å². The third kappa shape index (κ3) is 3.39. The summed E-state index contributed by atoms with van der Waals surface area (Å²) in [5.74, 6) is 1.22. The Morgan fingerprint density at radius 3 is 2.65 bits per heavy atom. The zero-order valence-corrected chi connectivity index (χ0v) is 10.2. The lowest BCUT2D eigenvalue weighted by atomic mass is 10.2.